The van der Waals surface area contributed by atoms with Gasteiger partial charge in [0.15, 0.2) is 0 Å². The van der Waals surface area contributed by atoms with E-state index in [0.717, 1.165) is 24.7 Å². The minimum absolute atomic E-state index is 0.255. The molecular weight excluding hydrogens is 266 g/mol. The Hall–Kier alpha value is -2.71. The summed E-state index contributed by atoms with van der Waals surface area (Å²) in [6.45, 7) is 0.255. The number of carbonyl (C=O) groups is 1. The first-order chi connectivity index (χ1) is 9.56. The SMILES string of the molecule is O=C(O)c1nn(Cc2cncn2C2CC2)cc1[N+](=O)[O-]. The van der Waals surface area contributed by atoms with Gasteiger partial charge in [-0.3, -0.25) is 14.8 Å². The van der Waals surface area contributed by atoms with E-state index in [1.807, 2.05) is 4.57 Å². The molecule has 0 atom stereocenters. The van der Waals surface area contributed by atoms with Crippen molar-refractivity contribution in [2.24, 2.45) is 0 Å². The molecule has 9 heteroatoms. The molecule has 104 valence electrons. The van der Waals surface area contributed by atoms with Crippen molar-refractivity contribution in [3.8, 4) is 0 Å². The average molecular weight is 277 g/mol. The summed E-state index contributed by atoms with van der Waals surface area (Å²) >= 11 is 0. The molecule has 2 aromatic heterocycles. The first-order valence-corrected chi connectivity index (χ1v) is 6.02. The van der Waals surface area contributed by atoms with Gasteiger partial charge in [-0.25, -0.2) is 9.78 Å². The Morgan fingerprint density at radius 3 is 2.85 bits per heavy atom. The molecule has 20 heavy (non-hydrogen) atoms. The highest BCUT2D eigenvalue weighted by Gasteiger charge is 2.27. The van der Waals surface area contributed by atoms with Gasteiger partial charge in [-0.05, 0) is 12.8 Å². The standard InChI is InChI=1S/C11H11N5O4/c17-11(18)10-9(16(19)20)5-14(13-10)4-8-3-12-6-15(8)7-1-2-7/h3,5-7H,1-2,4H2,(H,17,18). The molecular formula is C11H11N5O4. The van der Waals surface area contributed by atoms with Crippen molar-refractivity contribution in [1.82, 2.24) is 19.3 Å². The number of nitrogens with zero attached hydrogens (tertiary/aromatic N) is 5. The van der Waals surface area contributed by atoms with E-state index in [1.54, 1.807) is 12.5 Å². The van der Waals surface area contributed by atoms with Crippen LogP contribution >= 0.6 is 0 Å². The number of carboxylic acids is 1. The van der Waals surface area contributed by atoms with Crippen LogP contribution in [0, 0.1) is 10.1 Å². The summed E-state index contributed by atoms with van der Waals surface area (Å²) in [7, 11) is 0. The van der Waals surface area contributed by atoms with Gasteiger partial charge < -0.3 is 9.67 Å². The summed E-state index contributed by atoms with van der Waals surface area (Å²) in [6, 6.07) is 0.428. The Kier molecular flexibility index (Phi) is 2.74. The lowest BCUT2D eigenvalue weighted by molar-refractivity contribution is -0.385. The van der Waals surface area contributed by atoms with Crippen molar-refractivity contribution in [3.05, 3.63) is 40.2 Å². The molecule has 0 unspecified atom stereocenters. The Labute approximate surface area is 112 Å². The van der Waals surface area contributed by atoms with E-state index in [0.29, 0.717) is 6.04 Å². The minimum atomic E-state index is -1.41. The molecule has 1 aliphatic carbocycles. The summed E-state index contributed by atoms with van der Waals surface area (Å²) in [5, 5.41) is 23.5. The van der Waals surface area contributed by atoms with Gasteiger partial charge >= 0.3 is 11.7 Å². The fourth-order valence-corrected chi connectivity index (χ4v) is 2.08. The van der Waals surface area contributed by atoms with Gasteiger partial charge in [0, 0.05) is 6.04 Å². The van der Waals surface area contributed by atoms with E-state index in [9.17, 15) is 14.9 Å². The zero-order valence-corrected chi connectivity index (χ0v) is 10.3. The number of aromatic carboxylic acids is 1. The van der Waals surface area contributed by atoms with Gasteiger partial charge in [0.1, 0.15) is 6.20 Å². The van der Waals surface area contributed by atoms with Crippen molar-refractivity contribution < 1.29 is 14.8 Å². The monoisotopic (exact) mass is 277 g/mol. The van der Waals surface area contributed by atoms with Gasteiger partial charge in [-0.2, -0.15) is 5.10 Å². The third kappa shape index (κ3) is 2.13. The van der Waals surface area contributed by atoms with E-state index in [4.69, 9.17) is 5.11 Å². The first-order valence-electron chi connectivity index (χ1n) is 6.02. The molecule has 0 spiro atoms. The second kappa shape index (κ2) is 4.44. The molecule has 0 saturated heterocycles. The smallest absolute Gasteiger partial charge is 0.363 e. The van der Waals surface area contributed by atoms with E-state index in [-0.39, 0.29) is 6.54 Å². The maximum absolute atomic E-state index is 10.9. The number of hydrogen-bond acceptors (Lipinski definition) is 5. The van der Waals surface area contributed by atoms with Crippen molar-refractivity contribution >= 4 is 11.7 Å². The summed E-state index contributed by atoms with van der Waals surface area (Å²) in [4.78, 5) is 25.0. The average Bonchev–Trinajstić information content (AvgIpc) is 2.97. The molecule has 1 saturated carbocycles. The van der Waals surface area contributed by atoms with Crippen LogP contribution in [0.5, 0.6) is 0 Å². The molecule has 1 fully saturated rings. The van der Waals surface area contributed by atoms with Gasteiger partial charge in [-0.15, -0.1) is 0 Å². The third-order valence-electron chi connectivity index (χ3n) is 3.15. The Balaban J connectivity index is 1.90. The zero-order chi connectivity index (χ0) is 14.3. The van der Waals surface area contributed by atoms with Crippen LogP contribution in [0.4, 0.5) is 5.69 Å². The Bertz CT molecular complexity index is 653. The van der Waals surface area contributed by atoms with Crippen LogP contribution < -0.4 is 0 Å². The Morgan fingerprint density at radius 2 is 2.30 bits per heavy atom. The van der Waals surface area contributed by atoms with Gasteiger partial charge in [0.05, 0.1) is 29.7 Å². The van der Waals surface area contributed by atoms with Crippen LogP contribution in [-0.2, 0) is 6.54 Å². The van der Waals surface area contributed by atoms with E-state index >= 15 is 0 Å². The molecule has 3 rings (SSSR count). The molecule has 0 amide bonds. The fraction of sp³-hybridized carbons (Fsp3) is 0.364. The van der Waals surface area contributed by atoms with E-state index in [2.05, 4.69) is 10.1 Å². The normalized spacial score (nSPS) is 14.4. The molecule has 1 aliphatic rings. The van der Waals surface area contributed by atoms with Gasteiger partial charge in [-0.1, -0.05) is 0 Å². The van der Waals surface area contributed by atoms with Crippen LogP contribution in [-0.4, -0.2) is 35.3 Å². The molecule has 0 aliphatic heterocycles. The summed E-state index contributed by atoms with van der Waals surface area (Å²) in [5.74, 6) is -1.41. The number of aromatic nitrogens is 4. The molecule has 2 aromatic rings. The zero-order valence-electron chi connectivity index (χ0n) is 10.3. The largest absolute Gasteiger partial charge is 0.476 e. The quantitative estimate of drug-likeness (QED) is 0.645. The lowest BCUT2D eigenvalue weighted by Gasteiger charge is -2.05. The highest BCUT2D eigenvalue weighted by Crippen LogP contribution is 2.35. The third-order valence-corrected chi connectivity index (χ3v) is 3.15. The maximum atomic E-state index is 10.9. The highest BCUT2D eigenvalue weighted by atomic mass is 16.6. The molecule has 0 bridgehead atoms. The molecule has 9 nitrogen and oxygen atoms in total. The predicted molar refractivity (Wildman–Crippen MR) is 65.4 cm³/mol. The number of hydrogen-bond donors (Lipinski definition) is 1. The fourth-order valence-electron chi connectivity index (χ4n) is 2.08. The van der Waals surface area contributed by atoms with Crippen molar-refractivity contribution in [3.63, 3.8) is 0 Å². The number of carboxylic acid groups (broad SMARTS) is 1. The van der Waals surface area contributed by atoms with E-state index < -0.39 is 22.3 Å². The molecule has 2 heterocycles. The lowest BCUT2D eigenvalue weighted by Crippen LogP contribution is -2.08. The van der Waals surface area contributed by atoms with Gasteiger partial charge in [0.25, 0.3) is 0 Å². The maximum Gasteiger partial charge on any atom is 0.363 e. The lowest BCUT2D eigenvalue weighted by atomic mass is 10.4. The minimum Gasteiger partial charge on any atom is -0.476 e. The van der Waals surface area contributed by atoms with Crippen LogP contribution in [0.3, 0.4) is 0 Å². The van der Waals surface area contributed by atoms with E-state index in [1.165, 1.54) is 4.68 Å². The van der Waals surface area contributed by atoms with Crippen LogP contribution in [0.1, 0.15) is 35.1 Å². The van der Waals surface area contributed by atoms with Crippen LogP contribution in [0.25, 0.3) is 0 Å². The second-order valence-corrected chi connectivity index (χ2v) is 4.65. The number of rotatable bonds is 5. The number of imidazole rings is 1. The van der Waals surface area contributed by atoms with Crippen LogP contribution in [0.2, 0.25) is 0 Å². The highest BCUT2D eigenvalue weighted by molar-refractivity contribution is 5.89. The topological polar surface area (TPSA) is 116 Å². The molecule has 0 aromatic carbocycles. The van der Waals surface area contributed by atoms with Crippen LogP contribution in [0.15, 0.2) is 18.7 Å². The predicted octanol–water partition coefficient (Wildman–Crippen LogP) is 1.07. The van der Waals surface area contributed by atoms with Crippen molar-refractivity contribution in [2.45, 2.75) is 25.4 Å². The second-order valence-electron chi connectivity index (χ2n) is 4.65. The summed E-state index contributed by atoms with van der Waals surface area (Å²) in [6.07, 6.45) is 6.68. The molecule has 1 N–H and O–H groups in total. The van der Waals surface area contributed by atoms with Gasteiger partial charge in [0.2, 0.25) is 5.69 Å². The van der Waals surface area contributed by atoms with Crippen molar-refractivity contribution in [2.75, 3.05) is 0 Å². The summed E-state index contributed by atoms with van der Waals surface area (Å²) in [5.41, 5.74) is -0.204. The Morgan fingerprint density at radius 1 is 1.55 bits per heavy atom. The summed E-state index contributed by atoms with van der Waals surface area (Å²) < 4.78 is 3.26. The first kappa shape index (κ1) is 12.3. The van der Waals surface area contributed by atoms with Crippen molar-refractivity contribution in [1.29, 1.82) is 0 Å². The molecule has 0 radical (unpaired) electrons. The number of nitro groups is 1.